The van der Waals surface area contributed by atoms with E-state index in [1.165, 1.54) is 5.56 Å². The number of ether oxygens (including phenoxy) is 1. The maximum Gasteiger partial charge on any atom is 0.174 e. The topological polar surface area (TPSA) is 42.3 Å². The van der Waals surface area contributed by atoms with E-state index in [1.54, 1.807) is 7.11 Å². The summed E-state index contributed by atoms with van der Waals surface area (Å²) >= 11 is 5.85. The molecule has 2 aromatic carbocycles. The highest BCUT2D eigenvalue weighted by atomic mass is 32.1. The minimum absolute atomic E-state index is 0.0830. The maximum absolute atomic E-state index is 5.85. The molecule has 0 bridgehead atoms. The summed E-state index contributed by atoms with van der Waals surface area (Å²) in [5, 5.41) is 4.22. The van der Waals surface area contributed by atoms with E-state index in [9.17, 15) is 0 Å². The molecule has 0 amide bonds. The molecule has 5 rings (SSSR count). The van der Waals surface area contributed by atoms with Crippen LogP contribution in [0.2, 0.25) is 0 Å². The number of nitrogens with zero attached hydrogens (tertiary/aromatic N) is 3. The van der Waals surface area contributed by atoms with Crippen molar-refractivity contribution in [2.24, 2.45) is 0 Å². The highest BCUT2D eigenvalue weighted by Gasteiger charge is 2.42. The molecule has 0 aliphatic carbocycles. The molecule has 4 aromatic rings. The van der Waals surface area contributed by atoms with Crippen LogP contribution in [0.5, 0.6) is 5.75 Å². The Balaban J connectivity index is 1.67. The molecule has 1 fully saturated rings. The molecule has 1 aliphatic heterocycles. The fourth-order valence-corrected chi connectivity index (χ4v) is 4.69. The first-order chi connectivity index (χ1) is 15.7. The zero-order valence-electron chi connectivity index (χ0n) is 18.0. The van der Waals surface area contributed by atoms with Crippen molar-refractivity contribution in [1.82, 2.24) is 14.9 Å². The molecule has 160 valence electrons. The van der Waals surface area contributed by atoms with Crippen molar-refractivity contribution in [2.75, 3.05) is 12.0 Å². The van der Waals surface area contributed by atoms with Crippen molar-refractivity contribution in [3.8, 4) is 11.4 Å². The normalized spacial score (nSPS) is 17.9. The fraction of sp³-hybridized carbons (Fsp3) is 0.154. The SMILES string of the molecule is COc1cccc(-n2cccc2[C@H]2[C@H](c3ccccn3)NC(=S)N2c2cccc(C)c2)c1. The third-order valence-electron chi connectivity index (χ3n) is 5.79. The molecule has 0 radical (unpaired) electrons. The standard InChI is InChI=1S/C26H24N4OS/c1-18-8-5-10-20(16-18)30-25(24(28-26(30)32)22-12-3-4-14-27-22)23-13-7-15-29(23)19-9-6-11-21(17-19)31-2/h3-17,24-25H,1-2H3,(H,28,32)/t24-,25-/m0/s1. The second-order valence-electron chi connectivity index (χ2n) is 7.84. The van der Waals surface area contributed by atoms with Crippen molar-refractivity contribution in [1.29, 1.82) is 0 Å². The third-order valence-corrected chi connectivity index (χ3v) is 6.11. The van der Waals surface area contributed by atoms with Crippen molar-refractivity contribution in [3.05, 3.63) is 108 Å². The Hall–Kier alpha value is -3.64. The van der Waals surface area contributed by atoms with Gasteiger partial charge >= 0.3 is 0 Å². The van der Waals surface area contributed by atoms with Gasteiger partial charge in [0, 0.05) is 35.5 Å². The monoisotopic (exact) mass is 440 g/mol. The summed E-state index contributed by atoms with van der Waals surface area (Å²) in [5.41, 5.74) is 5.35. The van der Waals surface area contributed by atoms with Gasteiger partial charge in [-0.2, -0.15) is 0 Å². The van der Waals surface area contributed by atoms with Crippen molar-refractivity contribution in [3.63, 3.8) is 0 Å². The number of hydrogen-bond acceptors (Lipinski definition) is 3. The summed E-state index contributed by atoms with van der Waals surface area (Å²) in [7, 11) is 1.69. The third kappa shape index (κ3) is 3.63. The molecule has 0 spiro atoms. The predicted octanol–water partition coefficient (Wildman–Crippen LogP) is 5.37. The Labute approximate surface area is 193 Å². The Morgan fingerprint density at radius 3 is 2.56 bits per heavy atom. The van der Waals surface area contributed by atoms with Gasteiger partial charge in [-0.15, -0.1) is 0 Å². The summed E-state index contributed by atoms with van der Waals surface area (Å²) in [6, 6.07) is 26.6. The van der Waals surface area contributed by atoms with E-state index in [1.807, 2.05) is 42.6 Å². The number of aromatic nitrogens is 2. The number of thiocarbonyl (C=S) groups is 1. The first kappa shape index (κ1) is 20.3. The summed E-state index contributed by atoms with van der Waals surface area (Å²) in [6.45, 7) is 2.10. The van der Waals surface area contributed by atoms with E-state index >= 15 is 0 Å². The Morgan fingerprint density at radius 2 is 1.78 bits per heavy atom. The number of nitrogens with one attached hydrogen (secondary N) is 1. The lowest BCUT2D eigenvalue weighted by Crippen LogP contribution is -2.30. The van der Waals surface area contributed by atoms with Gasteiger partial charge in [0.2, 0.25) is 0 Å². The summed E-state index contributed by atoms with van der Waals surface area (Å²) in [5.74, 6) is 0.819. The second kappa shape index (κ2) is 8.48. The minimum Gasteiger partial charge on any atom is -0.497 e. The van der Waals surface area contributed by atoms with Crippen LogP contribution >= 0.6 is 12.2 Å². The van der Waals surface area contributed by atoms with Gasteiger partial charge in [-0.25, -0.2) is 0 Å². The number of pyridine rings is 1. The van der Waals surface area contributed by atoms with Crippen LogP contribution in [0.3, 0.4) is 0 Å². The molecule has 2 atom stereocenters. The quantitative estimate of drug-likeness (QED) is 0.423. The summed E-state index contributed by atoms with van der Waals surface area (Å²) in [6.07, 6.45) is 3.91. The van der Waals surface area contributed by atoms with Gasteiger partial charge in [0.25, 0.3) is 0 Å². The van der Waals surface area contributed by atoms with E-state index in [2.05, 4.69) is 75.4 Å². The number of aryl methyl sites for hydroxylation is 1. The molecule has 0 unspecified atom stereocenters. The molecule has 1 aliphatic rings. The molecule has 6 heteroatoms. The van der Waals surface area contributed by atoms with E-state index in [0.29, 0.717) is 5.11 Å². The fourth-order valence-electron chi connectivity index (χ4n) is 4.34. The molecular formula is C26H24N4OS. The molecule has 2 aromatic heterocycles. The lowest BCUT2D eigenvalue weighted by atomic mass is 10.0. The van der Waals surface area contributed by atoms with Crippen LogP contribution in [0, 0.1) is 6.92 Å². The molecular weight excluding hydrogens is 416 g/mol. The van der Waals surface area contributed by atoms with Crippen molar-refractivity contribution >= 4 is 23.0 Å². The van der Waals surface area contributed by atoms with Gasteiger partial charge < -0.3 is 19.5 Å². The van der Waals surface area contributed by atoms with Crippen LogP contribution in [0.1, 0.15) is 29.0 Å². The number of hydrogen-bond donors (Lipinski definition) is 1. The van der Waals surface area contributed by atoms with Gasteiger partial charge in [0.15, 0.2) is 5.11 Å². The highest BCUT2D eigenvalue weighted by Crippen LogP contribution is 2.42. The minimum atomic E-state index is -0.0940. The van der Waals surface area contributed by atoms with Crippen LogP contribution in [0.4, 0.5) is 5.69 Å². The first-order valence-corrected chi connectivity index (χ1v) is 11.0. The molecule has 5 nitrogen and oxygen atoms in total. The van der Waals surface area contributed by atoms with Gasteiger partial charge in [-0.1, -0.05) is 24.3 Å². The summed E-state index contributed by atoms with van der Waals surface area (Å²) in [4.78, 5) is 6.85. The van der Waals surface area contributed by atoms with Crippen LogP contribution < -0.4 is 15.0 Å². The molecule has 3 heterocycles. The first-order valence-electron chi connectivity index (χ1n) is 10.5. The lowest BCUT2D eigenvalue weighted by Gasteiger charge is -2.29. The van der Waals surface area contributed by atoms with E-state index in [0.717, 1.165) is 28.5 Å². The van der Waals surface area contributed by atoms with E-state index < -0.39 is 0 Å². The number of methoxy groups -OCH3 is 1. The molecule has 32 heavy (non-hydrogen) atoms. The van der Waals surface area contributed by atoms with Crippen molar-refractivity contribution in [2.45, 2.75) is 19.0 Å². The average Bonchev–Trinajstić information content (AvgIpc) is 3.44. The van der Waals surface area contributed by atoms with Gasteiger partial charge in [0.05, 0.1) is 18.8 Å². The van der Waals surface area contributed by atoms with Crippen molar-refractivity contribution < 1.29 is 4.74 Å². The molecule has 1 saturated heterocycles. The zero-order valence-corrected chi connectivity index (χ0v) is 18.8. The smallest absolute Gasteiger partial charge is 0.174 e. The van der Waals surface area contributed by atoms with Gasteiger partial charge in [0.1, 0.15) is 11.8 Å². The Kier molecular flexibility index (Phi) is 5.37. The number of benzene rings is 2. The Morgan fingerprint density at radius 1 is 0.938 bits per heavy atom. The second-order valence-corrected chi connectivity index (χ2v) is 8.23. The van der Waals surface area contributed by atoms with E-state index in [4.69, 9.17) is 17.0 Å². The average molecular weight is 441 g/mol. The largest absolute Gasteiger partial charge is 0.497 e. The zero-order chi connectivity index (χ0) is 22.1. The number of anilines is 1. The summed E-state index contributed by atoms with van der Waals surface area (Å²) < 4.78 is 7.66. The van der Waals surface area contributed by atoms with Gasteiger partial charge in [-0.05, 0) is 73.2 Å². The van der Waals surface area contributed by atoms with Gasteiger partial charge in [-0.3, -0.25) is 4.98 Å². The lowest BCUT2D eigenvalue weighted by molar-refractivity contribution is 0.414. The van der Waals surface area contributed by atoms with Crippen LogP contribution in [0.25, 0.3) is 5.69 Å². The Bertz CT molecular complexity index is 1250. The molecule has 1 N–H and O–H groups in total. The van der Waals surface area contributed by atoms with Crippen LogP contribution in [-0.4, -0.2) is 21.8 Å². The number of rotatable bonds is 5. The predicted molar refractivity (Wildman–Crippen MR) is 131 cm³/mol. The maximum atomic E-state index is 5.85. The highest BCUT2D eigenvalue weighted by molar-refractivity contribution is 7.80. The molecule has 0 saturated carbocycles. The van der Waals surface area contributed by atoms with Crippen LogP contribution in [-0.2, 0) is 0 Å². The van der Waals surface area contributed by atoms with Crippen LogP contribution in [0.15, 0.2) is 91.3 Å². The van der Waals surface area contributed by atoms with E-state index in [-0.39, 0.29) is 12.1 Å².